The first-order chi connectivity index (χ1) is 9.75. The van der Waals surface area contributed by atoms with E-state index in [0.717, 1.165) is 30.9 Å². The van der Waals surface area contributed by atoms with E-state index in [1.54, 1.807) is 28.7 Å². The molecule has 0 N–H and O–H groups in total. The number of hydrogen-bond acceptors (Lipinski definition) is 4. The van der Waals surface area contributed by atoms with Crippen LogP contribution >= 0.6 is 22.7 Å². The summed E-state index contributed by atoms with van der Waals surface area (Å²) in [5.74, 6) is 0. The van der Waals surface area contributed by atoms with Gasteiger partial charge in [-0.05, 0) is 35.0 Å². The molecule has 0 amide bonds. The SMILES string of the molecule is O=c1c2cc3c(=O)c4ccsc4c3cc2c2sccc12. The summed E-state index contributed by atoms with van der Waals surface area (Å²) in [5, 5.41) is 8.74. The zero-order valence-corrected chi connectivity index (χ0v) is 11.7. The summed E-state index contributed by atoms with van der Waals surface area (Å²) in [7, 11) is 0. The highest BCUT2D eigenvalue weighted by Crippen LogP contribution is 2.35. The molecule has 2 heterocycles. The maximum absolute atomic E-state index is 12.4. The Morgan fingerprint density at radius 1 is 0.600 bits per heavy atom. The van der Waals surface area contributed by atoms with Gasteiger partial charge in [0.05, 0.1) is 0 Å². The third-order valence-electron chi connectivity index (χ3n) is 3.96. The molecule has 5 aromatic rings. The highest BCUT2D eigenvalue weighted by atomic mass is 32.1. The minimum Gasteiger partial charge on any atom is -0.289 e. The van der Waals surface area contributed by atoms with Crippen LogP contribution in [0.5, 0.6) is 0 Å². The molecule has 0 radical (unpaired) electrons. The summed E-state index contributed by atoms with van der Waals surface area (Å²) in [6.07, 6.45) is 0. The lowest BCUT2D eigenvalue weighted by atomic mass is 10.1. The minimum absolute atomic E-state index is 0.0436. The first-order valence-corrected chi connectivity index (χ1v) is 7.95. The zero-order valence-electron chi connectivity index (χ0n) is 10.1. The van der Waals surface area contributed by atoms with Gasteiger partial charge in [0.25, 0.3) is 0 Å². The Hall–Kier alpha value is -2.04. The summed E-state index contributed by atoms with van der Waals surface area (Å²) in [5.41, 5.74) is 0.0872. The molecule has 3 aromatic carbocycles. The molecule has 2 aromatic heterocycles. The van der Waals surface area contributed by atoms with Crippen LogP contribution in [0.1, 0.15) is 0 Å². The first-order valence-electron chi connectivity index (χ1n) is 6.19. The fourth-order valence-corrected chi connectivity index (χ4v) is 4.88. The van der Waals surface area contributed by atoms with Gasteiger partial charge in [-0.15, -0.1) is 22.7 Å². The molecule has 0 unspecified atom stereocenters. The number of fused-ring (bicyclic) bond motifs is 6. The van der Waals surface area contributed by atoms with Gasteiger partial charge in [-0.25, -0.2) is 0 Å². The molecule has 5 rings (SSSR count). The van der Waals surface area contributed by atoms with Crippen LogP contribution in [0.3, 0.4) is 0 Å². The van der Waals surface area contributed by atoms with Crippen molar-refractivity contribution in [1.82, 2.24) is 0 Å². The molecule has 20 heavy (non-hydrogen) atoms. The summed E-state index contributed by atoms with van der Waals surface area (Å²) in [6.45, 7) is 0. The molecular weight excluding hydrogens is 288 g/mol. The summed E-state index contributed by atoms with van der Waals surface area (Å²) in [6, 6.07) is 7.54. The maximum Gasteiger partial charge on any atom is 0.195 e. The molecule has 0 aliphatic heterocycles. The molecule has 0 fully saturated rings. The molecule has 0 saturated heterocycles. The topological polar surface area (TPSA) is 34.1 Å². The largest absolute Gasteiger partial charge is 0.289 e. The lowest BCUT2D eigenvalue weighted by Gasteiger charge is -1.92. The quantitative estimate of drug-likeness (QED) is 0.432. The van der Waals surface area contributed by atoms with Crippen LogP contribution in [-0.2, 0) is 0 Å². The predicted octanol–water partition coefficient (Wildman–Crippen LogP) is 4.02. The number of rotatable bonds is 0. The van der Waals surface area contributed by atoms with Crippen molar-refractivity contribution in [3.05, 3.63) is 55.5 Å². The van der Waals surface area contributed by atoms with E-state index in [0.29, 0.717) is 10.8 Å². The lowest BCUT2D eigenvalue weighted by molar-refractivity contribution is 1.84. The van der Waals surface area contributed by atoms with E-state index in [4.69, 9.17) is 0 Å². The normalized spacial score (nSPS) is 12.4. The second-order valence-corrected chi connectivity index (χ2v) is 6.76. The summed E-state index contributed by atoms with van der Waals surface area (Å²) >= 11 is 3.17. The molecule has 0 atom stereocenters. The lowest BCUT2D eigenvalue weighted by Crippen LogP contribution is -1.96. The Bertz CT molecular complexity index is 1140. The van der Waals surface area contributed by atoms with E-state index in [2.05, 4.69) is 0 Å². The highest BCUT2D eigenvalue weighted by Gasteiger charge is 2.17. The maximum atomic E-state index is 12.4. The van der Waals surface area contributed by atoms with Gasteiger partial charge in [0.2, 0.25) is 0 Å². The van der Waals surface area contributed by atoms with Crippen LogP contribution in [0.4, 0.5) is 0 Å². The Labute approximate surface area is 120 Å². The summed E-state index contributed by atoms with van der Waals surface area (Å²) in [4.78, 5) is 24.7. The average Bonchev–Trinajstić information content (AvgIpc) is 3.18. The van der Waals surface area contributed by atoms with Gasteiger partial charge in [-0.3, -0.25) is 9.59 Å². The van der Waals surface area contributed by atoms with Crippen molar-refractivity contribution in [1.29, 1.82) is 0 Å². The molecule has 0 saturated carbocycles. The van der Waals surface area contributed by atoms with Crippen LogP contribution in [0.2, 0.25) is 0 Å². The van der Waals surface area contributed by atoms with E-state index in [1.807, 2.05) is 29.0 Å². The molecule has 4 heteroatoms. The van der Waals surface area contributed by atoms with Crippen molar-refractivity contribution in [2.75, 3.05) is 0 Å². The Balaban J connectivity index is 2.20. The van der Waals surface area contributed by atoms with Crippen molar-refractivity contribution in [2.24, 2.45) is 0 Å². The fraction of sp³-hybridized carbons (Fsp3) is 0. The third-order valence-corrected chi connectivity index (χ3v) is 5.85. The van der Waals surface area contributed by atoms with Gasteiger partial charge < -0.3 is 0 Å². The number of benzene rings is 1. The van der Waals surface area contributed by atoms with Crippen molar-refractivity contribution < 1.29 is 0 Å². The van der Waals surface area contributed by atoms with Crippen molar-refractivity contribution >= 4 is 64.4 Å². The van der Waals surface area contributed by atoms with E-state index in [9.17, 15) is 9.59 Å². The van der Waals surface area contributed by atoms with Crippen LogP contribution < -0.4 is 10.9 Å². The number of thiophene rings is 2. The Kier molecular flexibility index (Phi) is 1.79. The highest BCUT2D eigenvalue weighted by molar-refractivity contribution is 7.19. The molecule has 94 valence electrons. The Morgan fingerprint density at radius 3 is 1.55 bits per heavy atom. The van der Waals surface area contributed by atoms with E-state index < -0.39 is 0 Å². The minimum atomic E-state index is 0.0436. The molecule has 0 bridgehead atoms. The van der Waals surface area contributed by atoms with Gasteiger partial charge >= 0.3 is 0 Å². The van der Waals surface area contributed by atoms with Gasteiger partial charge in [-0.2, -0.15) is 0 Å². The van der Waals surface area contributed by atoms with Crippen LogP contribution in [0, 0.1) is 0 Å². The van der Waals surface area contributed by atoms with E-state index >= 15 is 0 Å². The first kappa shape index (κ1) is 10.7. The van der Waals surface area contributed by atoms with E-state index in [1.165, 1.54) is 0 Å². The number of hydrogen-bond donors (Lipinski definition) is 0. The molecule has 0 aliphatic rings. The monoisotopic (exact) mass is 294 g/mol. The van der Waals surface area contributed by atoms with Crippen LogP contribution in [-0.4, -0.2) is 0 Å². The van der Waals surface area contributed by atoms with Crippen LogP contribution in [0.25, 0.3) is 41.7 Å². The van der Waals surface area contributed by atoms with Gasteiger partial charge in [0.1, 0.15) is 0 Å². The van der Waals surface area contributed by atoms with Crippen molar-refractivity contribution in [3.63, 3.8) is 0 Å². The van der Waals surface area contributed by atoms with Gasteiger partial charge in [0.15, 0.2) is 10.9 Å². The standard InChI is InChI=1S/C16H6O2S2/c17-13-7-1-3-19-15(7)11-6-12-10(5-9(11)13)14(18)8-2-4-20-16(8)12/h1-6H. The molecule has 0 aliphatic carbocycles. The summed E-state index contributed by atoms with van der Waals surface area (Å²) < 4.78 is 2.07. The predicted molar refractivity (Wildman–Crippen MR) is 87.1 cm³/mol. The van der Waals surface area contributed by atoms with Gasteiger partial charge in [-0.1, -0.05) is 0 Å². The van der Waals surface area contributed by atoms with E-state index in [-0.39, 0.29) is 10.9 Å². The Morgan fingerprint density at radius 2 is 1.05 bits per heavy atom. The van der Waals surface area contributed by atoms with Gasteiger partial charge in [0, 0.05) is 41.7 Å². The average molecular weight is 294 g/mol. The second kappa shape index (κ2) is 3.34. The third kappa shape index (κ3) is 1.06. The fourth-order valence-electron chi connectivity index (χ4n) is 3.03. The molecule has 0 spiro atoms. The smallest absolute Gasteiger partial charge is 0.195 e. The van der Waals surface area contributed by atoms with Crippen molar-refractivity contribution in [3.8, 4) is 0 Å². The molecule has 2 nitrogen and oxygen atoms in total. The van der Waals surface area contributed by atoms with Crippen molar-refractivity contribution in [2.45, 2.75) is 0 Å². The molecular formula is C16H6O2S2. The second-order valence-electron chi connectivity index (χ2n) is 4.93. The van der Waals surface area contributed by atoms with Crippen LogP contribution in [0.15, 0.2) is 44.6 Å². The zero-order chi connectivity index (χ0) is 13.4.